The molecule has 4 heavy (non-hydrogen) atoms. The van der Waals surface area contributed by atoms with E-state index in [4.69, 9.17) is 0 Å². The Balaban J connectivity index is 0. The van der Waals surface area contributed by atoms with Crippen molar-refractivity contribution in [1.29, 1.82) is 0 Å². The van der Waals surface area contributed by atoms with E-state index in [0.717, 1.165) is 0 Å². The third-order valence-corrected chi connectivity index (χ3v) is 0. The predicted molar refractivity (Wildman–Crippen MR) is 20.3 cm³/mol. The van der Waals surface area contributed by atoms with Gasteiger partial charge >= 0.3 is 24.4 Å². The predicted octanol–water partition coefficient (Wildman–Crippen LogP) is -1.08. The van der Waals surface area contributed by atoms with Crippen molar-refractivity contribution < 1.29 is 39.4 Å². The van der Waals surface area contributed by atoms with E-state index in [-0.39, 0.29) is 77.4 Å². The van der Waals surface area contributed by atoms with E-state index >= 15 is 0 Å². The molecule has 0 spiro atoms. The van der Waals surface area contributed by atoms with E-state index in [1.165, 1.54) is 0 Å². The Bertz CT molecular complexity index is 8.00. The molecule has 0 saturated carbocycles. The van der Waals surface area contributed by atoms with Gasteiger partial charge in [0.05, 0.1) is 0 Å². The van der Waals surface area contributed by atoms with Gasteiger partial charge in [0.15, 0.2) is 0 Å². The van der Waals surface area contributed by atoms with Gasteiger partial charge in [0, 0.05) is 39.4 Å². The van der Waals surface area contributed by atoms with Gasteiger partial charge in [-0.1, -0.05) is 0 Å². The molecule has 0 aliphatic rings. The maximum atomic E-state index is 0. The molecule has 0 nitrogen and oxygen atoms in total. The molecule has 0 rings (SSSR count). The fourth-order valence-electron chi connectivity index (χ4n) is 0. The third kappa shape index (κ3) is 8.83. The van der Waals surface area contributed by atoms with Crippen LogP contribution in [0.25, 0.3) is 0 Å². The van der Waals surface area contributed by atoms with Gasteiger partial charge in [-0.15, -0.1) is 0 Å². The molecular weight excluding hydrogens is 325 g/mol. The monoisotopic (exact) mass is 328 g/mol. The first kappa shape index (κ1) is 32.1. The molecule has 0 aliphatic carbocycles. The Morgan fingerprint density at radius 1 is 1.00 bits per heavy atom. The third-order valence-electron chi connectivity index (χ3n) is 0. The zero-order chi connectivity index (χ0) is 0. The van der Waals surface area contributed by atoms with Crippen LogP contribution in [-0.4, -0.2) is 24.4 Å². The average Bonchev–Trinajstić information content (AvgIpc) is 0. The zero-order valence-corrected chi connectivity index (χ0v) is 9.27. The first-order valence-electron chi connectivity index (χ1n) is 0. The summed E-state index contributed by atoms with van der Waals surface area (Å²) in [7, 11) is 0. The quantitative estimate of drug-likeness (QED) is 0.496. The molecule has 0 saturated heterocycles. The van der Waals surface area contributed by atoms with Crippen LogP contribution < -0.4 is 0 Å². The number of rotatable bonds is 0. The molecule has 0 aromatic heterocycles. The van der Waals surface area contributed by atoms with Crippen LogP contribution in [0.1, 0.15) is 0 Å². The van der Waals surface area contributed by atoms with Crippen molar-refractivity contribution in [3.8, 4) is 0 Å². The zero-order valence-electron chi connectivity index (χ0n) is 1.81. The molecule has 0 unspecified atom stereocenters. The van der Waals surface area contributed by atoms with Crippen LogP contribution in [0.15, 0.2) is 0 Å². The molecule has 0 atom stereocenters. The second-order valence-electron chi connectivity index (χ2n) is 0. The Kier molecular flexibility index (Phi) is 145. The standard InChI is InChI=1S/Ag.Cu.H2S.Sb.3H/h;;1H2;;;;. The number of hydrogen-bond donors (Lipinski definition) is 0. The Hall–Kier alpha value is 2.43. The fraction of sp³-hybridized carbons (Fsp3) is 0. The number of hydrogen-bond acceptors (Lipinski definition) is 0. The molecule has 0 aliphatic heterocycles. The maximum absolute atomic E-state index is 0. The molecule has 4 heteroatoms. The van der Waals surface area contributed by atoms with Crippen LogP contribution in [0.2, 0.25) is 0 Å². The molecule has 0 heterocycles. The van der Waals surface area contributed by atoms with Gasteiger partial charge in [-0.3, -0.25) is 0 Å². The first-order chi connectivity index (χ1) is 0. The van der Waals surface area contributed by atoms with Crippen LogP contribution in [0.4, 0.5) is 0 Å². The molecule has 0 bridgehead atoms. The van der Waals surface area contributed by atoms with E-state index in [1.807, 2.05) is 0 Å². The Morgan fingerprint density at radius 2 is 1.00 bits per heavy atom. The summed E-state index contributed by atoms with van der Waals surface area (Å²) in [5.74, 6) is 0. The molecule has 0 N–H and O–H groups in total. The van der Waals surface area contributed by atoms with E-state index in [9.17, 15) is 0 Å². The molecule has 0 amide bonds. The molecular formula is H5AgCuSSb. The second-order valence-corrected chi connectivity index (χ2v) is 0. The molecule has 0 fully saturated rings. The van der Waals surface area contributed by atoms with Crippen molar-refractivity contribution in [2.75, 3.05) is 0 Å². The average molecular weight is 330 g/mol. The van der Waals surface area contributed by atoms with Crippen LogP contribution in [-0.2, 0) is 39.4 Å². The van der Waals surface area contributed by atoms with Gasteiger partial charge in [-0.2, -0.15) is 13.5 Å². The normalized spacial score (nSPS) is 0. The summed E-state index contributed by atoms with van der Waals surface area (Å²) < 4.78 is 0. The van der Waals surface area contributed by atoms with Crippen molar-refractivity contribution in [2.45, 2.75) is 0 Å². The van der Waals surface area contributed by atoms with Gasteiger partial charge in [0.25, 0.3) is 0 Å². The Labute approximate surface area is 76.4 Å². The van der Waals surface area contributed by atoms with Crippen LogP contribution in [0, 0.1) is 0 Å². The SMILES string of the molecule is S.[Ag].[Cu].[SbH3]. The summed E-state index contributed by atoms with van der Waals surface area (Å²) in [6.45, 7) is 0. The fourth-order valence-corrected chi connectivity index (χ4v) is 0. The van der Waals surface area contributed by atoms with Crippen molar-refractivity contribution in [3.05, 3.63) is 0 Å². The molecule has 0 aromatic rings. The summed E-state index contributed by atoms with van der Waals surface area (Å²) in [5.41, 5.74) is 0. The second kappa shape index (κ2) is 18.1. The topological polar surface area (TPSA) is 0 Å². The van der Waals surface area contributed by atoms with Gasteiger partial charge in [0.2, 0.25) is 0 Å². The van der Waals surface area contributed by atoms with Gasteiger partial charge in [0.1, 0.15) is 0 Å². The van der Waals surface area contributed by atoms with Crippen molar-refractivity contribution >= 4 is 37.9 Å². The summed E-state index contributed by atoms with van der Waals surface area (Å²) in [6.07, 6.45) is 0. The van der Waals surface area contributed by atoms with Gasteiger partial charge in [-0.25, -0.2) is 0 Å². The van der Waals surface area contributed by atoms with E-state index < -0.39 is 0 Å². The minimum atomic E-state index is 0. The summed E-state index contributed by atoms with van der Waals surface area (Å²) >= 11 is 0. The van der Waals surface area contributed by atoms with E-state index in [0.29, 0.717) is 0 Å². The van der Waals surface area contributed by atoms with Crippen LogP contribution in [0.5, 0.6) is 0 Å². The van der Waals surface area contributed by atoms with Crippen LogP contribution in [0.3, 0.4) is 0 Å². The minimum absolute atomic E-state index is 0. The molecule has 0 aromatic carbocycles. The van der Waals surface area contributed by atoms with Crippen molar-refractivity contribution in [3.63, 3.8) is 0 Å². The summed E-state index contributed by atoms with van der Waals surface area (Å²) in [5, 5.41) is 0. The van der Waals surface area contributed by atoms with Gasteiger partial charge < -0.3 is 0 Å². The van der Waals surface area contributed by atoms with Gasteiger partial charge in [-0.05, 0) is 0 Å². The Morgan fingerprint density at radius 3 is 1.00 bits per heavy atom. The van der Waals surface area contributed by atoms with Crippen molar-refractivity contribution in [2.24, 2.45) is 0 Å². The van der Waals surface area contributed by atoms with E-state index in [1.54, 1.807) is 0 Å². The van der Waals surface area contributed by atoms with Crippen LogP contribution >= 0.6 is 13.5 Å². The molecule has 2 radical (unpaired) electrons. The van der Waals surface area contributed by atoms with Crippen molar-refractivity contribution in [1.82, 2.24) is 0 Å². The first-order valence-corrected chi connectivity index (χ1v) is 0. The summed E-state index contributed by atoms with van der Waals surface area (Å²) in [6, 6.07) is 0. The molecule has 38 valence electrons. The van der Waals surface area contributed by atoms with E-state index in [2.05, 4.69) is 0 Å². The summed E-state index contributed by atoms with van der Waals surface area (Å²) in [4.78, 5) is 0.